The van der Waals surface area contributed by atoms with E-state index >= 15 is 0 Å². The van der Waals surface area contributed by atoms with Gasteiger partial charge in [-0.15, -0.1) is 0 Å². The van der Waals surface area contributed by atoms with Crippen molar-refractivity contribution in [3.05, 3.63) is 0 Å². The van der Waals surface area contributed by atoms with Crippen molar-refractivity contribution in [2.24, 2.45) is 0 Å². The summed E-state index contributed by atoms with van der Waals surface area (Å²) in [6.45, 7) is 5.12. The molecule has 4 nitrogen and oxygen atoms in total. The fourth-order valence-electron chi connectivity index (χ4n) is 1.30. The summed E-state index contributed by atoms with van der Waals surface area (Å²) in [5.74, 6) is -0.833. The van der Waals surface area contributed by atoms with Gasteiger partial charge in [-0.3, -0.25) is 4.79 Å². The molecule has 0 saturated carbocycles. The van der Waals surface area contributed by atoms with Crippen LogP contribution in [0.1, 0.15) is 33.6 Å². The maximum Gasteiger partial charge on any atom is 0.300 e. The highest BCUT2D eigenvalue weighted by Gasteiger charge is 2.29. The average molecular weight is 190 g/mol. The highest BCUT2D eigenvalue weighted by Crippen LogP contribution is 2.21. The van der Waals surface area contributed by atoms with Gasteiger partial charge in [-0.2, -0.15) is 0 Å². The van der Waals surface area contributed by atoms with Crippen LogP contribution in [0.15, 0.2) is 0 Å². The number of carboxylic acids is 1. The summed E-state index contributed by atoms with van der Waals surface area (Å²) >= 11 is 0. The molecular formula is C9H18O4. The van der Waals surface area contributed by atoms with Gasteiger partial charge in [0.25, 0.3) is 5.97 Å². The van der Waals surface area contributed by atoms with Crippen LogP contribution in [0.3, 0.4) is 0 Å². The third-order valence-corrected chi connectivity index (χ3v) is 1.81. The number of ether oxygens (including phenoxy) is 1. The second-order valence-corrected chi connectivity index (χ2v) is 3.22. The smallest absolute Gasteiger partial charge is 0.300 e. The first kappa shape index (κ1) is 12.4. The van der Waals surface area contributed by atoms with E-state index in [1.165, 1.54) is 0 Å². The van der Waals surface area contributed by atoms with Gasteiger partial charge in [0.1, 0.15) is 0 Å². The van der Waals surface area contributed by atoms with Crippen molar-refractivity contribution < 1.29 is 19.7 Å². The number of aliphatic carboxylic acids is 1. The molecule has 0 amide bonds. The molecule has 0 aromatic carbocycles. The van der Waals surface area contributed by atoms with Gasteiger partial charge in [-0.1, -0.05) is 6.92 Å². The molecule has 0 spiro atoms. The number of aliphatic hydroxyl groups is 1. The maximum absolute atomic E-state index is 9.23. The zero-order valence-electron chi connectivity index (χ0n) is 8.36. The molecule has 13 heavy (non-hydrogen) atoms. The lowest BCUT2D eigenvalue weighted by Crippen LogP contribution is -2.18. The zero-order chi connectivity index (χ0) is 10.4. The summed E-state index contributed by atoms with van der Waals surface area (Å²) in [6, 6.07) is 0. The molecule has 0 aliphatic carbocycles. The first-order valence-corrected chi connectivity index (χ1v) is 4.50. The van der Waals surface area contributed by atoms with Crippen LogP contribution in [0.25, 0.3) is 0 Å². The standard InChI is InChI=1S/C7H14O2.C2H4O2/c1-3-7-6(8)4-5(2)9-7;1-2(3)4/h5-8H,3-4H2,1-2H3;1H3,(H,3,4)/t5-,6?,7+;/m1./s1. The minimum absolute atomic E-state index is 0.0972. The lowest BCUT2D eigenvalue weighted by Gasteiger charge is -2.09. The maximum atomic E-state index is 9.23. The highest BCUT2D eigenvalue weighted by molar-refractivity contribution is 5.62. The summed E-state index contributed by atoms with van der Waals surface area (Å²) in [5.41, 5.74) is 0. The Labute approximate surface area is 78.5 Å². The number of hydrogen-bond donors (Lipinski definition) is 2. The van der Waals surface area contributed by atoms with Gasteiger partial charge in [0.05, 0.1) is 18.3 Å². The molecule has 2 N–H and O–H groups in total. The molecule has 1 aliphatic heterocycles. The predicted molar refractivity (Wildman–Crippen MR) is 48.6 cm³/mol. The molecule has 4 heteroatoms. The number of hydrogen-bond acceptors (Lipinski definition) is 3. The van der Waals surface area contributed by atoms with Crippen LogP contribution < -0.4 is 0 Å². The first-order chi connectivity index (χ1) is 5.97. The fourth-order valence-corrected chi connectivity index (χ4v) is 1.30. The van der Waals surface area contributed by atoms with Gasteiger partial charge in [0.15, 0.2) is 0 Å². The number of carbonyl (C=O) groups is 1. The van der Waals surface area contributed by atoms with Crippen molar-refractivity contribution in [1.29, 1.82) is 0 Å². The van der Waals surface area contributed by atoms with E-state index < -0.39 is 5.97 Å². The van der Waals surface area contributed by atoms with Crippen LogP contribution in [0.4, 0.5) is 0 Å². The van der Waals surface area contributed by atoms with Gasteiger partial charge >= 0.3 is 0 Å². The van der Waals surface area contributed by atoms with Gasteiger partial charge < -0.3 is 14.9 Å². The van der Waals surface area contributed by atoms with E-state index in [1.54, 1.807) is 0 Å². The van der Waals surface area contributed by atoms with Crippen LogP contribution >= 0.6 is 0 Å². The molecule has 1 saturated heterocycles. The number of carboxylic acid groups (broad SMARTS) is 1. The average Bonchev–Trinajstić information content (AvgIpc) is 2.28. The Kier molecular flexibility index (Phi) is 5.66. The third-order valence-electron chi connectivity index (χ3n) is 1.81. The second-order valence-electron chi connectivity index (χ2n) is 3.22. The summed E-state index contributed by atoms with van der Waals surface area (Å²) < 4.78 is 5.37. The topological polar surface area (TPSA) is 66.8 Å². The molecule has 78 valence electrons. The van der Waals surface area contributed by atoms with Crippen LogP contribution in [0.2, 0.25) is 0 Å². The molecule has 1 aliphatic rings. The Hall–Kier alpha value is -0.610. The van der Waals surface area contributed by atoms with Crippen molar-refractivity contribution in [2.75, 3.05) is 0 Å². The Morgan fingerprint density at radius 1 is 1.62 bits per heavy atom. The summed E-state index contributed by atoms with van der Waals surface area (Å²) in [7, 11) is 0. The van der Waals surface area contributed by atoms with Crippen LogP contribution in [-0.2, 0) is 9.53 Å². The molecule has 3 atom stereocenters. The highest BCUT2D eigenvalue weighted by atomic mass is 16.5. The normalized spacial score (nSPS) is 32.2. The van der Waals surface area contributed by atoms with Gasteiger partial charge in [-0.25, -0.2) is 0 Å². The predicted octanol–water partition coefficient (Wildman–Crippen LogP) is 1.03. The lowest BCUT2D eigenvalue weighted by molar-refractivity contribution is -0.134. The molecule has 0 aromatic rings. The quantitative estimate of drug-likeness (QED) is 0.648. The molecule has 1 rings (SSSR count). The van der Waals surface area contributed by atoms with E-state index in [9.17, 15) is 5.11 Å². The molecule has 0 aromatic heterocycles. The monoisotopic (exact) mass is 190 g/mol. The zero-order valence-corrected chi connectivity index (χ0v) is 8.36. The minimum Gasteiger partial charge on any atom is -0.481 e. The summed E-state index contributed by atoms with van der Waals surface area (Å²) in [5, 5.41) is 16.7. The van der Waals surface area contributed by atoms with E-state index in [-0.39, 0.29) is 18.3 Å². The molecule has 1 fully saturated rings. The molecule has 1 unspecified atom stereocenters. The van der Waals surface area contributed by atoms with Crippen LogP contribution in [0, 0.1) is 0 Å². The minimum atomic E-state index is -0.833. The van der Waals surface area contributed by atoms with E-state index in [1.807, 2.05) is 13.8 Å². The van der Waals surface area contributed by atoms with Gasteiger partial charge in [-0.05, 0) is 13.3 Å². The largest absolute Gasteiger partial charge is 0.481 e. The molecule has 0 radical (unpaired) electrons. The van der Waals surface area contributed by atoms with Gasteiger partial charge in [0, 0.05) is 13.3 Å². The number of aliphatic hydroxyl groups excluding tert-OH is 1. The van der Waals surface area contributed by atoms with Gasteiger partial charge in [0.2, 0.25) is 0 Å². The Balaban J connectivity index is 0.000000310. The Morgan fingerprint density at radius 3 is 2.23 bits per heavy atom. The van der Waals surface area contributed by atoms with Crippen molar-refractivity contribution in [3.8, 4) is 0 Å². The van der Waals surface area contributed by atoms with E-state index in [0.717, 1.165) is 19.8 Å². The Bertz CT molecular complexity index is 154. The van der Waals surface area contributed by atoms with Crippen LogP contribution in [-0.4, -0.2) is 34.5 Å². The second kappa shape index (κ2) is 5.94. The van der Waals surface area contributed by atoms with E-state index in [4.69, 9.17) is 14.6 Å². The summed E-state index contributed by atoms with van der Waals surface area (Å²) in [4.78, 5) is 9.00. The van der Waals surface area contributed by atoms with Crippen molar-refractivity contribution in [2.45, 2.75) is 51.9 Å². The molecular weight excluding hydrogens is 172 g/mol. The Morgan fingerprint density at radius 2 is 2.08 bits per heavy atom. The molecule has 1 heterocycles. The van der Waals surface area contributed by atoms with Crippen molar-refractivity contribution in [3.63, 3.8) is 0 Å². The molecule has 0 bridgehead atoms. The van der Waals surface area contributed by atoms with Crippen LogP contribution in [0.5, 0.6) is 0 Å². The summed E-state index contributed by atoms with van der Waals surface area (Å²) in [6.07, 6.45) is 1.86. The fraction of sp³-hybridized carbons (Fsp3) is 0.889. The van der Waals surface area contributed by atoms with E-state index in [2.05, 4.69) is 0 Å². The van der Waals surface area contributed by atoms with Crippen molar-refractivity contribution >= 4 is 5.97 Å². The lowest BCUT2D eigenvalue weighted by atomic mass is 10.1. The SMILES string of the molecule is CC(=O)O.CC[C@@H]1O[C@H](C)CC1O. The first-order valence-electron chi connectivity index (χ1n) is 4.50. The number of rotatable bonds is 1. The van der Waals surface area contributed by atoms with E-state index in [0.29, 0.717) is 0 Å². The third kappa shape index (κ3) is 5.60. The van der Waals surface area contributed by atoms with Crippen molar-refractivity contribution in [1.82, 2.24) is 0 Å².